The lowest BCUT2D eigenvalue weighted by atomic mass is 10.1. The molecule has 6 nitrogen and oxygen atoms in total. The molecule has 0 saturated carbocycles. The molecule has 0 N–H and O–H groups in total. The van der Waals surface area contributed by atoms with Gasteiger partial charge in [0.05, 0.1) is 18.9 Å². The minimum atomic E-state index is 0.302. The van der Waals surface area contributed by atoms with Crippen LogP contribution in [0.3, 0.4) is 0 Å². The van der Waals surface area contributed by atoms with Crippen LogP contribution in [0.2, 0.25) is 0 Å². The number of morpholine rings is 1. The Bertz CT molecular complexity index is 740. The van der Waals surface area contributed by atoms with Crippen molar-refractivity contribution in [3.05, 3.63) is 47.8 Å². The van der Waals surface area contributed by atoms with Crippen molar-refractivity contribution in [2.45, 2.75) is 32.4 Å². The maximum absolute atomic E-state index is 6.21. The highest BCUT2D eigenvalue weighted by Crippen LogP contribution is 2.23. The van der Waals surface area contributed by atoms with Crippen molar-refractivity contribution in [2.75, 3.05) is 44.3 Å². The van der Waals surface area contributed by atoms with E-state index in [1.165, 1.54) is 5.56 Å². The lowest BCUT2D eigenvalue weighted by Gasteiger charge is -2.32. The highest BCUT2D eigenvalue weighted by atomic mass is 16.5. The number of aryl methyl sites for hydroxylation is 1. The number of rotatable bonds is 5. The van der Waals surface area contributed by atoms with E-state index in [-0.39, 0.29) is 0 Å². The largest absolute Gasteiger partial charge is 0.490 e. The predicted octanol–water partition coefficient (Wildman–Crippen LogP) is 2.67. The van der Waals surface area contributed by atoms with Crippen LogP contribution in [0.15, 0.2) is 36.5 Å². The van der Waals surface area contributed by atoms with Gasteiger partial charge in [0.2, 0.25) is 5.95 Å². The van der Waals surface area contributed by atoms with E-state index in [1.807, 2.05) is 18.3 Å². The number of benzene rings is 1. The van der Waals surface area contributed by atoms with Gasteiger partial charge in [0.15, 0.2) is 0 Å². The van der Waals surface area contributed by atoms with Gasteiger partial charge < -0.3 is 14.4 Å². The molecule has 6 heteroatoms. The smallest absolute Gasteiger partial charge is 0.225 e. The first-order valence-electron chi connectivity index (χ1n) is 9.87. The molecule has 3 heterocycles. The van der Waals surface area contributed by atoms with Gasteiger partial charge in [-0.1, -0.05) is 18.2 Å². The lowest BCUT2D eigenvalue weighted by Crippen LogP contribution is -2.39. The molecule has 144 valence electrons. The van der Waals surface area contributed by atoms with Crippen LogP contribution in [0.25, 0.3) is 0 Å². The van der Waals surface area contributed by atoms with Crippen molar-refractivity contribution in [2.24, 2.45) is 0 Å². The van der Waals surface area contributed by atoms with E-state index in [9.17, 15) is 0 Å². The van der Waals surface area contributed by atoms with Gasteiger partial charge in [-0.15, -0.1) is 0 Å². The third-order valence-electron chi connectivity index (χ3n) is 5.30. The minimum Gasteiger partial charge on any atom is -0.490 e. The molecular formula is C21H28N4O2. The monoisotopic (exact) mass is 368 g/mol. The Morgan fingerprint density at radius 2 is 1.85 bits per heavy atom. The number of piperidine rings is 1. The van der Waals surface area contributed by atoms with E-state index in [2.05, 4.69) is 39.9 Å². The van der Waals surface area contributed by atoms with Crippen LogP contribution in [0.5, 0.6) is 5.75 Å². The average Bonchev–Trinajstić information content (AvgIpc) is 2.72. The van der Waals surface area contributed by atoms with Gasteiger partial charge in [-0.05, 0) is 37.5 Å². The first-order chi connectivity index (χ1) is 13.3. The fourth-order valence-corrected chi connectivity index (χ4v) is 3.67. The van der Waals surface area contributed by atoms with Gasteiger partial charge in [-0.3, -0.25) is 4.90 Å². The van der Waals surface area contributed by atoms with Gasteiger partial charge in [0.1, 0.15) is 11.9 Å². The molecule has 1 aromatic carbocycles. The van der Waals surface area contributed by atoms with Crippen LogP contribution in [-0.4, -0.2) is 60.4 Å². The Hall–Kier alpha value is -2.18. The van der Waals surface area contributed by atoms with E-state index in [4.69, 9.17) is 14.5 Å². The van der Waals surface area contributed by atoms with E-state index in [1.54, 1.807) is 0 Å². The SMILES string of the molecule is Cc1ccccc1OC1CCN(Cc2ccnc(N3CCOCC3)n2)CC1. The molecule has 0 amide bonds. The number of hydrogen-bond donors (Lipinski definition) is 0. The summed E-state index contributed by atoms with van der Waals surface area (Å²) in [6.45, 7) is 8.28. The standard InChI is InChI=1S/C21H28N4O2/c1-17-4-2-3-5-20(17)27-19-7-10-24(11-8-19)16-18-6-9-22-21(23-18)25-12-14-26-15-13-25/h2-6,9,19H,7-8,10-16H2,1H3. The Morgan fingerprint density at radius 1 is 1.07 bits per heavy atom. The van der Waals surface area contributed by atoms with Gasteiger partial charge in [-0.25, -0.2) is 9.97 Å². The van der Waals surface area contributed by atoms with Gasteiger partial charge in [0, 0.05) is 38.9 Å². The van der Waals surface area contributed by atoms with E-state index >= 15 is 0 Å². The summed E-state index contributed by atoms with van der Waals surface area (Å²) >= 11 is 0. The van der Waals surface area contributed by atoms with Gasteiger partial charge in [0.25, 0.3) is 0 Å². The van der Waals surface area contributed by atoms with Crippen molar-refractivity contribution >= 4 is 5.95 Å². The second-order valence-corrected chi connectivity index (χ2v) is 7.31. The zero-order valence-corrected chi connectivity index (χ0v) is 16.0. The molecule has 0 unspecified atom stereocenters. The molecule has 0 spiro atoms. The van der Waals surface area contributed by atoms with Crippen molar-refractivity contribution in [3.63, 3.8) is 0 Å². The molecule has 1 aromatic heterocycles. The minimum absolute atomic E-state index is 0.302. The molecule has 2 aromatic rings. The summed E-state index contributed by atoms with van der Waals surface area (Å²) in [6.07, 6.45) is 4.28. The summed E-state index contributed by atoms with van der Waals surface area (Å²) in [7, 11) is 0. The summed E-state index contributed by atoms with van der Waals surface area (Å²) in [4.78, 5) is 13.9. The van der Waals surface area contributed by atoms with Crippen LogP contribution in [0.4, 0.5) is 5.95 Å². The van der Waals surface area contributed by atoms with Crippen LogP contribution in [0, 0.1) is 6.92 Å². The van der Waals surface area contributed by atoms with Crippen molar-refractivity contribution in [1.82, 2.24) is 14.9 Å². The number of likely N-dealkylation sites (tertiary alicyclic amines) is 1. The molecule has 2 aliphatic heterocycles. The molecule has 2 fully saturated rings. The predicted molar refractivity (Wildman–Crippen MR) is 105 cm³/mol. The molecule has 2 saturated heterocycles. The summed E-state index contributed by atoms with van der Waals surface area (Å²) in [5, 5.41) is 0. The Balaban J connectivity index is 1.29. The number of ether oxygens (including phenoxy) is 2. The number of aromatic nitrogens is 2. The van der Waals surface area contributed by atoms with E-state index < -0.39 is 0 Å². The normalized spacial score (nSPS) is 19.2. The number of nitrogens with zero attached hydrogens (tertiary/aromatic N) is 4. The van der Waals surface area contributed by atoms with E-state index in [0.717, 1.165) is 76.2 Å². The number of para-hydroxylation sites is 1. The lowest BCUT2D eigenvalue weighted by molar-refractivity contribution is 0.0955. The Kier molecular flexibility index (Phi) is 5.84. The van der Waals surface area contributed by atoms with Crippen molar-refractivity contribution in [3.8, 4) is 5.75 Å². The fourth-order valence-electron chi connectivity index (χ4n) is 3.67. The second kappa shape index (κ2) is 8.67. The van der Waals surface area contributed by atoms with Crippen LogP contribution < -0.4 is 9.64 Å². The van der Waals surface area contributed by atoms with Crippen molar-refractivity contribution < 1.29 is 9.47 Å². The summed E-state index contributed by atoms with van der Waals surface area (Å²) in [5.74, 6) is 1.84. The van der Waals surface area contributed by atoms with Gasteiger partial charge in [-0.2, -0.15) is 0 Å². The highest BCUT2D eigenvalue weighted by molar-refractivity contribution is 5.32. The average molecular weight is 368 g/mol. The van der Waals surface area contributed by atoms with Crippen LogP contribution in [0.1, 0.15) is 24.1 Å². The zero-order chi connectivity index (χ0) is 18.5. The zero-order valence-electron chi connectivity index (χ0n) is 16.0. The molecular weight excluding hydrogens is 340 g/mol. The molecule has 0 radical (unpaired) electrons. The number of hydrogen-bond acceptors (Lipinski definition) is 6. The molecule has 2 aliphatic rings. The van der Waals surface area contributed by atoms with Crippen LogP contribution >= 0.6 is 0 Å². The molecule has 4 rings (SSSR count). The number of anilines is 1. The van der Waals surface area contributed by atoms with E-state index in [0.29, 0.717) is 6.10 Å². The van der Waals surface area contributed by atoms with Gasteiger partial charge >= 0.3 is 0 Å². The third kappa shape index (κ3) is 4.76. The molecule has 0 aliphatic carbocycles. The maximum atomic E-state index is 6.21. The summed E-state index contributed by atoms with van der Waals surface area (Å²) in [5.41, 5.74) is 2.29. The quantitative estimate of drug-likeness (QED) is 0.809. The third-order valence-corrected chi connectivity index (χ3v) is 5.30. The Morgan fingerprint density at radius 3 is 2.63 bits per heavy atom. The maximum Gasteiger partial charge on any atom is 0.225 e. The first-order valence-corrected chi connectivity index (χ1v) is 9.87. The van der Waals surface area contributed by atoms with Crippen molar-refractivity contribution in [1.29, 1.82) is 0 Å². The second-order valence-electron chi connectivity index (χ2n) is 7.31. The first kappa shape index (κ1) is 18.2. The molecule has 0 bridgehead atoms. The van der Waals surface area contributed by atoms with Crippen LogP contribution in [-0.2, 0) is 11.3 Å². The molecule has 0 atom stereocenters. The fraction of sp³-hybridized carbons (Fsp3) is 0.524. The topological polar surface area (TPSA) is 50.7 Å². The highest BCUT2D eigenvalue weighted by Gasteiger charge is 2.22. The molecule has 27 heavy (non-hydrogen) atoms. The summed E-state index contributed by atoms with van der Waals surface area (Å²) in [6, 6.07) is 10.3. The summed E-state index contributed by atoms with van der Waals surface area (Å²) < 4.78 is 11.6. The Labute approximate surface area is 161 Å².